The highest BCUT2D eigenvalue weighted by atomic mass is 32.2. The second-order valence-electron chi connectivity index (χ2n) is 11.4. The van der Waals surface area contributed by atoms with Crippen LogP contribution in [-0.2, 0) is 10.3 Å². The van der Waals surface area contributed by atoms with Crippen molar-refractivity contribution in [2.75, 3.05) is 25.5 Å². The monoisotopic (exact) mass is 616 g/mol. The van der Waals surface area contributed by atoms with E-state index in [4.69, 9.17) is 14.0 Å². The lowest BCUT2D eigenvalue weighted by Gasteiger charge is -2.41. The van der Waals surface area contributed by atoms with Crippen LogP contribution in [0, 0.1) is 11.3 Å². The molecule has 0 spiro atoms. The fraction of sp³-hybridized carbons (Fsp3) is 0.500. The molecule has 14 heteroatoms. The van der Waals surface area contributed by atoms with Crippen LogP contribution in [0.25, 0.3) is 10.9 Å². The van der Waals surface area contributed by atoms with E-state index >= 15 is 0 Å². The summed E-state index contributed by atoms with van der Waals surface area (Å²) in [4.78, 5) is 30.1. The number of hydrogen-bond donors (Lipinski definition) is 3. The highest BCUT2D eigenvalue weighted by Crippen LogP contribution is 2.38. The normalized spacial score (nSPS) is 14.9. The predicted molar refractivity (Wildman–Crippen MR) is 170 cm³/mol. The Morgan fingerprint density at radius 3 is 2.50 bits per heavy atom. The minimum Gasteiger partial charge on any atom is -0.444 e. The van der Waals surface area contributed by atoms with Crippen LogP contribution in [0.1, 0.15) is 53.9 Å². The van der Waals surface area contributed by atoms with Gasteiger partial charge >= 0.3 is 6.09 Å². The average Bonchev–Trinajstić information content (AvgIpc) is 3.27. The van der Waals surface area contributed by atoms with Gasteiger partial charge in [0.05, 0.1) is 23.5 Å². The first-order valence-corrected chi connectivity index (χ1v) is 14.3. The number of nitrogens with zero attached hydrogens (tertiary/aromatic N) is 5. The van der Waals surface area contributed by atoms with Gasteiger partial charge in [-0.2, -0.15) is 28.3 Å². The van der Waals surface area contributed by atoms with Crippen molar-refractivity contribution in [2.24, 2.45) is 0 Å². The summed E-state index contributed by atoms with van der Waals surface area (Å²) < 4.78 is 14.9. The van der Waals surface area contributed by atoms with E-state index < -0.39 is 11.1 Å². The molecular formula is C28H40N8O4S2. The van der Waals surface area contributed by atoms with Crippen molar-refractivity contribution in [2.45, 2.75) is 71.1 Å². The van der Waals surface area contributed by atoms with Gasteiger partial charge in [0.25, 0.3) is 5.56 Å². The van der Waals surface area contributed by atoms with E-state index in [2.05, 4.69) is 21.8 Å². The SMILES string of the molecule is CC(C)NN(C)SOc1ccc(Nc2nn(C3(CC#N)CCN(C(=O)OC(C)(C)C)CC3)c3cc[nH]c(=O)c23)cc1.S. The third kappa shape index (κ3) is 7.91. The number of nitriles is 1. The summed E-state index contributed by atoms with van der Waals surface area (Å²) in [6, 6.07) is 11.7. The van der Waals surface area contributed by atoms with Crippen molar-refractivity contribution >= 4 is 54.2 Å². The van der Waals surface area contributed by atoms with Crippen LogP contribution in [0.2, 0.25) is 0 Å². The van der Waals surface area contributed by atoms with Crippen molar-refractivity contribution in [3.63, 3.8) is 0 Å². The van der Waals surface area contributed by atoms with Crippen LogP contribution < -0.4 is 20.5 Å². The Morgan fingerprint density at radius 1 is 1.24 bits per heavy atom. The average molecular weight is 617 g/mol. The predicted octanol–water partition coefficient (Wildman–Crippen LogP) is 5.01. The maximum absolute atomic E-state index is 13.0. The zero-order valence-electron chi connectivity index (χ0n) is 24.9. The number of H-pyrrole nitrogens is 1. The summed E-state index contributed by atoms with van der Waals surface area (Å²) in [5.74, 6) is 1.05. The van der Waals surface area contributed by atoms with Gasteiger partial charge < -0.3 is 24.1 Å². The van der Waals surface area contributed by atoms with Crippen LogP contribution in [-0.4, -0.2) is 62.0 Å². The number of ether oxygens (including phenoxy) is 1. The number of rotatable bonds is 9. The number of pyridine rings is 1. The second-order valence-corrected chi connectivity index (χ2v) is 12.3. The van der Waals surface area contributed by atoms with E-state index in [0.717, 1.165) is 5.69 Å². The van der Waals surface area contributed by atoms with Gasteiger partial charge in [0.1, 0.15) is 16.7 Å². The number of carbonyl (C=O) groups is 1. The Balaban J connectivity index is 0.00000484. The second kappa shape index (κ2) is 13.7. The van der Waals surface area contributed by atoms with Gasteiger partial charge in [-0.05, 0) is 77.8 Å². The number of amides is 1. The van der Waals surface area contributed by atoms with Gasteiger partial charge in [0.15, 0.2) is 18.0 Å². The zero-order chi connectivity index (χ0) is 29.8. The first kappa shape index (κ1) is 33.1. The third-order valence-corrected chi connectivity index (χ3v) is 7.21. The quantitative estimate of drug-likeness (QED) is 0.171. The van der Waals surface area contributed by atoms with Gasteiger partial charge in [0.2, 0.25) is 0 Å². The molecule has 1 amide bonds. The number of likely N-dealkylation sites (tertiary alicyclic amines) is 1. The smallest absolute Gasteiger partial charge is 0.410 e. The summed E-state index contributed by atoms with van der Waals surface area (Å²) >= 11 is 1.18. The molecule has 2 aromatic heterocycles. The van der Waals surface area contributed by atoms with E-state index in [1.54, 1.807) is 26.3 Å². The molecule has 1 aromatic carbocycles. The van der Waals surface area contributed by atoms with Gasteiger partial charge in [-0.1, -0.05) is 0 Å². The summed E-state index contributed by atoms with van der Waals surface area (Å²) in [5.41, 5.74) is 2.98. The van der Waals surface area contributed by atoms with E-state index in [0.29, 0.717) is 48.4 Å². The molecule has 0 saturated carbocycles. The topological polar surface area (TPSA) is 141 Å². The number of hydrogen-bond acceptors (Lipinski definition) is 10. The number of aromatic nitrogens is 3. The maximum Gasteiger partial charge on any atom is 0.410 e. The number of fused-ring (bicyclic) bond motifs is 1. The molecule has 0 unspecified atom stereocenters. The highest BCUT2D eigenvalue weighted by molar-refractivity contribution is 7.92. The van der Waals surface area contributed by atoms with E-state index in [1.807, 2.05) is 65.9 Å². The first-order chi connectivity index (χ1) is 19.4. The van der Waals surface area contributed by atoms with Crippen LogP contribution in [0.5, 0.6) is 5.75 Å². The number of aromatic amines is 1. The van der Waals surface area contributed by atoms with E-state index in [9.17, 15) is 14.9 Å². The molecule has 0 radical (unpaired) electrons. The Morgan fingerprint density at radius 2 is 1.90 bits per heavy atom. The van der Waals surface area contributed by atoms with Gasteiger partial charge in [-0.3, -0.25) is 9.48 Å². The molecule has 4 rings (SSSR count). The van der Waals surface area contributed by atoms with Crippen molar-refractivity contribution in [1.29, 1.82) is 5.26 Å². The Labute approximate surface area is 257 Å². The van der Waals surface area contributed by atoms with Gasteiger partial charge in [0, 0.05) is 38.1 Å². The largest absolute Gasteiger partial charge is 0.444 e. The van der Waals surface area contributed by atoms with Crippen LogP contribution in [0.3, 0.4) is 0 Å². The molecular weight excluding hydrogens is 576 g/mol. The van der Waals surface area contributed by atoms with Crippen molar-refractivity contribution < 1.29 is 13.7 Å². The number of piperidine rings is 1. The molecule has 228 valence electrons. The molecule has 3 heterocycles. The first-order valence-electron chi connectivity index (χ1n) is 13.6. The molecule has 0 aliphatic carbocycles. The number of carbonyl (C=O) groups excluding carboxylic acids is 1. The third-order valence-electron chi connectivity index (χ3n) is 6.61. The minimum atomic E-state index is -0.690. The molecule has 12 nitrogen and oxygen atoms in total. The number of hydrazine groups is 1. The fourth-order valence-corrected chi connectivity index (χ4v) is 5.35. The Kier molecular flexibility index (Phi) is 10.8. The molecule has 3 N–H and O–H groups in total. The maximum atomic E-state index is 13.0. The summed E-state index contributed by atoms with van der Waals surface area (Å²) in [7, 11) is 1.88. The summed E-state index contributed by atoms with van der Waals surface area (Å²) in [6.45, 7) is 10.4. The lowest BCUT2D eigenvalue weighted by Crippen LogP contribution is -2.49. The lowest BCUT2D eigenvalue weighted by atomic mass is 9.85. The van der Waals surface area contributed by atoms with E-state index in [1.165, 1.54) is 12.2 Å². The van der Waals surface area contributed by atoms with Crippen LogP contribution in [0.4, 0.5) is 16.3 Å². The molecule has 1 fully saturated rings. The van der Waals surface area contributed by atoms with Gasteiger partial charge in [-0.25, -0.2) is 10.2 Å². The fourth-order valence-electron chi connectivity index (χ4n) is 4.78. The number of nitrogens with one attached hydrogen (secondary N) is 3. The van der Waals surface area contributed by atoms with Gasteiger partial charge in [-0.15, -0.1) is 0 Å². The standard InChI is InChI=1S/C28H38N8O4S.H2S/c1-19(2)32-34(6)41-40-21-9-7-20(8-10-21)31-24-23-22(11-16-30-25(23)37)36(33-24)28(12-15-29)13-17-35(18-14-28)26(38)39-27(3,4)5;/h7-11,16,19,32H,12-14,17-18H2,1-6H3,(H,30,37)(H,31,33);1H2. The minimum absolute atomic E-state index is 0. The molecule has 1 aliphatic heterocycles. The number of anilines is 2. The molecule has 3 aromatic rings. The zero-order valence-corrected chi connectivity index (χ0v) is 26.7. The van der Waals surface area contributed by atoms with E-state index in [-0.39, 0.29) is 37.6 Å². The molecule has 0 bridgehead atoms. The molecule has 42 heavy (non-hydrogen) atoms. The van der Waals surface area contributed by atoms with Crippen molar-refractivity contribution in [1.82, 2.24) is 29.5 Å². The Bertz CT molecular complexity index is 1450. The highest BCUT2D eigenvalue weighted by Gasteiger charge is 2.41. The number of benzene rings is 1. The molecule has 0 atom stereocenters. The lowest BCUT2D eigenvalue weighted by molar-refractivity contribution is 0.0110. The molecule has 1 aliphatic rings. The van der Waals surface area contributed by atoms with Crippen molar-refractivity contribution in [3.8, 4) is 11.8 Å². The van der Waals surface area contributed by atoms with Crippen molar-refractivity contribution in [3.05, 3.63) is 46.9 Å². The van der Waals surface area contributed by atoms with Crippen LogP contribution in [0.15, 0.2) is 41.3 Å². The summed E-state index contributed by atoms with van der Waals surface area (Å²) in [6.07, 6.45) is 2.37. The Hall–Kier alpha value is -3.38. The summed E-state index contributed by atoms with van der Waals surface area (Å²) in [5, 5.41) is 18.3. The van der Waals surface area contributed by atoms with Crippen LogP contribution >= 0.6 is 25.7 Å². The molecule has 1 saturated heterocycles.